The van der Waals surface area contributed by atoms with Gasteiger partial charge in [0.2, 0.25) is 0 Å². The molecule has 6 heteroatoms. The Morgan fingerprint density at radius 3 is 2.50 bits per heavy atom. The molecule has 0 aromatic heterocycles. The molecule has 2 nitrogen and oxygen atoms in total. The average molecular weight is 292 g/mol. The molecule has 0 unspecified atom stereocenters. The predicted octanol–water partition coefficient (Wildman–Crippen LogP) is 4.44. The van der Waals surface area contributed by atoms with Crippen molar-refractivity contribution in [1.82, 2.24) is 0 Å². The molecule has 0 saturated heterocycles. The fraction of sp³-hybridized carbons (Fsp3) is 0.500. The second-order valence-corrected chi connectivity index (χ2v) is 4.86. The van der Waals surface area contributed by atoms with E-state index >= 15 is 0 Å². The number of esters is 1. The van der Waals surface area contributed by atoms with Crippen molar-refractivity contribution in [2.45, 2.75) is 32.9 Å². The van der Waals surface area contributed by atoms with Crippen molar-refractivity contribution in [3.05, 3.63) is 35.1 Å². The van der Waals surface area contributed by atoms with E-state index in [2.05, 4.69) is 0 Å². The van der Waals surface area contributed by atoms with Crippen LogP contribution in [0.2, 0.25) is 0 Å². The maximum absolute atomic E-state index is 13.1. The smallest absolute Gasteiger partial charge is 0.419 e. The van der Waals surface area contributed by atoms with Crippen LogP contribution in [0.3, 0.4) is 0 Å². The van der Waals surface area contributed by atoms with E-state index in [-0.39, 0.29) is 12.2 Å². The number of hydrogen-bond donors (Lipinski definition) is 0. The summed E-state index contributed by atoms with van der Waals surface area (Å²) in [5.41, 5.74) is -1.77. The molecule has 1 rings (SSSR count). The van der Waals surface area contributed by atoms with Gasteiger partial charge in [-0.25, -0.2) is 9.18 Å². The van der Waals surface area contributed by atoms with Crippen molar-refractivity contribution < 1.29 is 27.1 Å². The van der Waals surface area contributed by atoms with Gasteiger partial charge >= 0.3 is 12.1 Å². The van der Waals surface area contributed by atoms with Crippen molar-refractivity contribution in [1.29, 1.82) is 0 Å². The average Bonchev–Trinajstić information content (AvgIpc) is 2.33. The molecule has 0 aliphatic heterocycles. The zero-order valence-electron chi connectivity index (χ0n) is 11.3. The van der Waals surface area contributed by atoms with Crippen LogP contribution in [0.5, 0.6) is 0 Å². The van der Waals surface area contributed by atoms with Crippen molar-refractivity contribution in [2.24, 2.45) is 5.92 Å². The van der Waals surface area contributed by atoms with Gasteiger partial charge in [-0.3, -0.25) is 0 Å². The third-order valence-electron chi connectivity index (χ3n) is 2.67. The van der Waals surface area contributed by atoms with Crippen LogP contribution in [0, 0.1) is 11.7 Å². The molecule has 1 aromatic carbocycles. The van der Waals surface area contributed by atoms with Gasteiger partial charge in [-0.15, -0.1) is 0 Å². The van der Waals surface area contributed by atoms with E-state index in [1.54, 1.807) is 0 Å². The van der Waals surface area contributed by atoms with Gasteiger partial charge in [0.15, 0.2) is 0 Å². The van der Waals surface area contributed by atoms with E-state index in [1.165, 1.54) is 0 Å². The molecule has 0 heterocycles. The maximum Gasteiger partial charge on any atom is 0.419 e. The predicted molar refractivity (Wildman–Crippen MR) is 65.8 cm³/mol. The van der Waals surface area contributed by atoms with Crippen LogP contribution in [0.4, 0.5) is 17.6 Å². The summed E-state index contributed by atoms with van der Waals surface area (Å²) in [4.78, 5) is 11.6. The minimum absolute atomic E-state index is 0.135. The van der Waals surface area contributed by atoms with E-state index in [4.69, 9.17) is 4.74 Å². The summed E-state index contributed by atoms with van der Waals surface area (Å²) in [6, 6.07) is 2.07. The minimum atomic E-state index is -4.84. The molecular weight excluding hydrogens is 276 g/mol. The summed E-state index contributed by atoms with van der Waals surface area (Å²) < 4.78 is 55.4. The van der Waals surface area contributed by atoms with Crippen LogP contribution >= 0.6 is 0 Å². The number of carbonyl (C=O) groups excluding carboxylic acids is 1. The first-order chi connectivity index (χ1) is 9.21. The fourth-order valence-electron chi connectivity index (χ4n) is 1.61. The summed E-state index contributed by atoms with van der Waals surface area (Å²) in [6.07, 6.45) is -3.35. The first kappa shape index (κ1) is 16.5. The number of alkyl halides is 3. The van der Waals surface area contributed by atoms with Crippen LogP contribution < -0.4 is 0 Å². The Morgan fingerprint density at radius 2 is 1.95 bits per heavy atom. The van der Waals surface area contributed by atoms with Crippen LogP contribution in [0.1, 0.15) is 42.6 Å². The number of hydrogen-bond acceptors (Lipinski definition) is 2. The third-order valence-corrected chi connectivity index (χ3v) is 2.67. The van der Waals surface area contributed by atoms with Crippen LogP contribution in [-0.2, 0) is 10.9 Å². The molecule has 0 atom stereocenters. The maximum atomic E-state index is 13.1. The number of benzene rings is 1. The van der Waals surface area contributed by atoms with Gasteiger partial charge in [0, 0.05) is 0 Å². The Hall–Kier alpha value is -1.59. The lowest BCUT2D eigenvalue weighted by molar-refractivity contribution is -0.140. The molecule has 1 aromatic rings. The molecule has 0 amide bonds. The highest BCUT2D eigenvalue weighted by molar-refractivity contribution is 5.89. The van der Waals surface area contributed by atoms with Gasteiger partial charge in [-0.1, -0.05) is 13.8 Å². The summed E-state index contributed by atoms with van der Waals surface area (Å²) in [7, 11) is 0. The standard InChI is InChI=1S/C14H16F4O2/c1-9(2)4-3-7-20-13(19)10-5-6-12(15)11(8-10)14(16,17)18/h5-6,8-9H,3-4,7H2,1-2H3. The number of ether oxygens (including phenoxy) is 1. The molecule has 112 valence electrons. The van der Waals surface area contributed by atoms with Gasteiger partial charge in [0.05, 0.1) is 17.7 Å². The molecule has 0 aliphatic rings. The fourth-order valence-corrected chi connectivity index (χ4v) is 1.61. The Kier molecular flexibility index (Phi) is 5.53. The molecule has 0 aliphatic carbocycles. The monoisotopic (exact) mass is 292 g/mol. The highest BCUT2D eigenvalue weighted by Gasteiger charge is 2.34. The minimum Gasteiger partial charge on any atom is -0.462 e. The van der Waals surface area contributed by atoms with Gasteiger partial charge < -0.3 is 4.74 Å². The quantitative estimate of drug-likeness (QED) is 0.455. The highest BCUT2D eigenvalue weighted by atomic mass is 19.4. The van der Waals surface area contributed by atoms with E-state index in [1.807, 2.05) is 13.8 Å². The first-order valence-corrected chi connectivity index (χ1v) is 6.25. The van der Waals surface area contributed by atoms with Gasteiger partial charge in [-0.05, 0) is 37.0 Å². The molecule has 0 fully saturated rings. The number of carbonyl (C=O) groups is 1. The van der Waals surface area contributed by atoms with Crippen LogP contribution in [0.25, 0.3) is 0 Å². The first-order valence-electron chi connectivity index (χ1n) is 6.25. The molecule has 20 heavy (non-hydrogen) atoms. The highest BCUT2D eigenvalue weighted by Crippen LogP contribution is 2.32. The van der Waals surface area contributed by atoms with Gasteiger partial charge in [-0.2, -0.15) is 13.2 Å². The second-order valence-electron chi connectivity index (χ2n) is 4.86. The Morgan fingerprint density at radius 1 is 1.30 bits per heavy atom. The molecule has 0 N–H and O–H groups in total. The Balaban J connectivity index is 2.70. The van der Waals surface area contributed by atoms with Crippen molar-refractivity contribution in [3.63, 3.8) is 0 Å². The Bertz CT molecular complexity index is 467. The zero-order chi connectivity index (χ0) is 15.3. The topological polar surface area (TPSA) is 26.3 Å². The molecular formula is C14H16F4O2. The lowest BCUT2D eigenvalue weighted by Gasteiger charge is -2.10. The van der Waals surface area contributed by atoms with Gasteiger partial charge in [0.25, 0.3) is 0 Å². The van der Waals surface area contributed by atoms with E-state index in [0.717, 1.165) is 12.5 Å². The molecule has 0 bridgehead atoms. The lowest BCUT2D eigenvalue weighted by Crippen LogP contribution is -2.12. The second kappa shape index (κ2) is 6.72. The lowest BCUT2D eigenvalue weighted by atomic mass is 10.1. The largest absolute Gasteiger partial charge is 0.462 e. The summed E-state index contributed by atoms with van der Waals surface area (Å²) in [5.74, 6) is -1.83. The van der Waals surface area contributed by atoms with Crippen molar-refractivity contribution in [2.75, 3.05) is 6.61 Å². The number of halogens is 4. The molecule has 0 saturated carbocycles. The van der Waals surface area contributed by atoms with Crippen LogP contribution in [-0.4, -0.2) is 12.6 Å². The van der Waals surface area contributed by atoms with Crippen molar-refractivity contribution >= 4 is 5.97 Å². The summed E-state index contributed by atoms with van der Waals surface area (Å²) >= 11 is 0. The normalized spacial score (nSPS) is 11.8. The van der Waals surface area contributed by atoms with E-state index in [0.29, 0.717) is 24.5 Å². The SMILES string of the molecule is CC(C)CCCOC(=O)c1ccc(F)c(C(F)(F)F)c1. The summed E-state index contributed by atoms with van der Waals surface area (Å²) in [6.45, 7) is 4.16. The number of rotatable bonds is 5. The zero-order valence-corrected chi connectivity index (χ0v) is 11.3. The summed E-state index contributed by atoms with van der Waals surface area (Å²) in [5, 5.41) is 0. The Labute approximate surface area is 114 Å². The van der Waals surface area contributed by atoms with E-state index < -0.39 is 23.5 Å². The van der Waals surface area contributed by atoms with Gasteiger partial charge in [0.1, 0.15) is 5.82 Å². The van der Waals surface area contributed by atoms with E-state index in [9.17, 15) is 22.4 Å². The van der Waals surface area contributed by atoms with Crippen LogP contribution in [0.15, 0.2) is 18.2 Å². The third kappa shape index (κ3) is 4.83. The molecule has 0 spiro atoms. The van der Waals surface area contributed by atoms with Crippen molar-refractivity contribution in [3.8, 4) is 0 Å². The molecule has 0 radical (unpaired) electrons.